The van der Waals surface area contributed by atoms with Crippen LogP contribution in [0.5, 0.6) is 11.5 Å². The zero-order valence-electron chi connectivity index (χ0n) is 12.3. The van der Waals surface area contributed by atoms with Crippen molar-refractivity contribution in [3.05, 3.63) is 22.2 Å². The van der Waals surface area contributed by atoms with Gasteiger partial charge in [0.05, 0.1) is 11.1 Å². The maximum absolute atomic E-state index is 5.63. The van der Waals surface area contributed by atoms with Crippen LogP contribution in [0.4, 0.5) is 0 Å². The van der Waals surface area contributed by atoms with Gasteiger partial charge in [0.1, 0.15) is 6.61 Å². The highest BCUT2D eigenvalue weighted by Crippen LogP contribution is 2.36. The first-order valence-electron chi connectivity index (χ1n) is 6.80. The minimum Gasteiger partial charge on any atom is -0.490 e. The van der Waals surface area contributed by atoms with Crippen molar-refractivity contribution in [3.63, 3.8) is 0 Å². The van der Waals surface area contributed by atoms with Gasteiger partial charge < -0.3 is 14.8 Å². The van der Waals surface area contributed by atoms with E-state index in [0.717, 1.165) is 28.9 Å². The third-order valence-electron chi connectivity index (χ3n) is 2.55. The Morgan fingerprint density at radius 2 is 2.10 bits per heavy atom. The van der Waals surface area contributed by atoms with Crippen LogP contribution in [0.1, 0.15) is 26.3 Å². The van der Waals surface area contributed by atoms with E-state index in [4.69, 9.17) is 15.9 Å². The standard InChI is InChI=1S/C16H22BrNO2/c1-5-7-20-16-14(17)8-13(9-15(16)19-6-2)11-18-10-12(3)4/h1,8-9,12,18H,6-7,10-11H2,2-4H3. The minimum atomic E-state index is 0.226. The number of halogens is 1. The van der Waals surface area contributed by atoms with E-state index in [2.05, 4.69) is 41.0 Å². The van der Waals surface area contributed by atoms with Crippen molar-refractivity contribution in [1.82, 2.24) is 5.32 Å². The summed E-state index contributed by atoms with van der Waals surface area (Å²) in [6.45, 7) is 8.91. The molecule has 0 bridgehead atoms. The van der Waals surface area contributed by atoms with Gasteiger partial charge in [-0.3, -0.25) is 0 Å². The molecule has 110 valence electrons. The largest absolute Gasteiger partial charge is 0.490 e. The van der Waals surface area contributed by atoms with E-state index >= 15 is 0 Å². The van der Waals surface area contributed by atoms with Crippen molar-refractivity contribution in [3.8, 4) is 23.8 Å². The molecule has 1 N–H and O–H groups in total. The van der Waals surface area contributed by atoms with Gasteiger partial charge in [-0.2, -0.15) is 0 Å². The molecular weight excluding hydrogens is 318 g/mol. The van der Waals surface area contributed by atoms with Gasteiger partial charge >= 0.3 is 0 Å². The number of nitrogens with one attached hydrogen (secondary N) is 1. The van der Waals surface area contributed by atoms with Crippen molar-refractivity contribution in [2.75, 3.05) is 19.8 Å². The number of ether oxygens (including phenoxy) is 2. The molecule has 0 unspecified atom stereocenters. The zero-order chi connectivity index (χ0) is 15.0. The fourth-order valence-electron chi connectivity index (χ4n) is 1.75. The summed E-state index contributed by atoms with van der Waals surface area (Å²) in [7, 11) is 0. The van der Waals surface area contributed by atoms with Crippen LogP contribution in [-0.2, 0) is 6.54 Å². The van der Waals surface area contributed by atoms with E-state index in [0.29, 0.717) is 18.3 Å². The fraction of sp³-hybridized carbons (Fsp3) is 0.500. The Hall–Kier alpha value is -1.18. The van der Waals surface area contributed by atoms with Crippen molar-refractivity contribution in [2.45, 2.75) is 27.3 Å². The van der Waals surface area contributed by atoms with Crippen LogP contribution < -0.4 is 14.8 Å². The second kappa shape index (κ2) is 8.89. The summed E-state index contributed by atoms with van der Waals surface area (Å²) >= 11 is 3.52. The van der Waals surface area contributed by atoms with Crippen LogP contribution >= 0.6 is 15.9 Å². The summed E-state index contributed by atoms with van der Waals surface area (Å²) in [5.41, 5.74) is 1.15. The highest BCUT2D eigenvalue weighted by molar-refractivity contribution is 9.10. The first-order chi connectivity index (χ1) is 9.58. The molecule has 0 fully saturated rings. The lowest BCUT2D eigenvalue weighted by atomic mass is 10.2. The molecule has 0 aliphatic carbocycles. The predicted molar refractivity (Wildman–Crippen MR) is 86.2 cm³/mol. The third-order valence-corrected chi connectivity index (χ3v) is 3.14. The van der Waals surface area contributed by atoms with Crippen LogP contribution in [0, 0.1) is 18.3 Å². The normalized spacial score (nSPS) is 10.4. The average Bonchev–Trinajstić information content (AvgIpc) is 2.38. The quantitative estimate of drug-likeness (QED) is 0.734. The van der Waals surface area contributed by atoms with Crippen molar-refractivity contribution in [2.24, 2.45) is 5.92 Å². The molecule has 4 heteroatoms. The Labute approximate surface area is 130 Å². The zero-order valence-corrected chi connectivity index (χ0v) is 13.9. The number of hydrogen-bond donors (Lipinski definition) is 1. The first-order valence-corrected chi connectivity index (χ1v) is 7.60. The Bertz CT molecular complexity index is 466. The fourth-order valence-corrected chi connectivity index (χ4v) is 2.35. The molecule has 1 aromatic rings. The predicted octanol–water partition coefficient (Wildman–Crippen LogP) is 3.61. The van der Waals surface area contributed by atoms with Gasteiger partial charge in [0, 0.05) is 6.54 Å². The summed E-state index contributed by atoms with van der Waals surface area (Å²) in [5.74, 6) is 4.48. The summed E-state index contributed by atoms with van der Waals surface area (Å²) < 4.78 is 12.0. The molecule has 1 rings (SSSR count). The lowest BCUT2D eigenvalue weighted by Crippen LogP contribution is -2.19. The molecule has 0 aliphatic heterocycles. The number of benzene rings is 1. The molecule has 1 aromatic carbocycles. The number of rotatable bonds is 8. The lowest BCUT2D eigenvalue weighted by molar-refractivity contribution is 0.297. The maximum atomic E-state index is 5.63. The first kappa shape index (κ1) is 16.9. The van der Waals surface area contributed by atoms with Gasteiger partial charge in [-0.25, -0.2) is 0 Å². The van der Waals surface area contributed by atoms with E-state index in [9.17, 15) is 0 Å². The molecule has 3 nitrogen and oxygen atoms in total. The van der Waals surface area contributed by atoms with Gasteiger partial charge in [0.15, 0.2) is 11.5 Å². The molecule has 0 saturated carbocycles. The highest BCUT2D eigenvalue weighted by atomic mass is 79.9. The van der Waals surface area contributed by atoms with Gasteiger partial charge in [0.2, 0.25) is 0 Å². The highest BCUT2D eigenvalue weighted by Gasteiger charge is 2.12. The summed E-state index contributed by atoms with van der Waals surface area (Å²) in [6, 6.07) is 4.02. The van der Waals surface area contributed by atoms with E-state index in [1.165, 1.54) is 0 Å². The smallest absolute Gasteiger partial charge is 0.176 e. The van der Waals surface area contributed by atoms with Crippen LogP contribution in [0.2, 0.25) is 0 Å². The van der Waals surface area contributed by atoms with Gasteiger partial charge in [-0.05, 0) is 53.0 Å². The molecule has 0 heterocycles. The van der Waals surface area contributed by atoms with Crippen LogP contribution in [0.3, 0.4) is 0 Å². The topological polar surface area (TPSA) is 30.5 Å². The van der Waals surface area contributed by atoms with Gasteiger partial charge in [-0.15, -0.1) is 6.42 Å². The minimum absolute atomic E-state index is 0.226. The average molecular weight is 340 g/mol. The maximum Gasteiger partial charge on any atom is 0.176 e. The lowest BCUT2D eigenvalue weighted by Gasteiger charge is -2.15. The molecule has 0 spiro atoms. The van der Waals surface area contributed by atoms with E-state index in [-0.39, 0.29) is 6.61 Å². The van der Waals surface area contributed by atoms with Gasteiger partial charge in [-0.1, -0.05) is 19.8 Å². The Balaban J connectivity index is 2.85. The van der Waals surface area contributed by atoms with E-state index < -0.39 is 0 Å². The van der Waals surface area contributed by atoms with Crippen LogP contribution in [0.25, 0.3) is 0 Å². The molecule has 0 aromatic heterocycles. The Morgan fingerprint density at radius 1 is 1.35 bits per heavy atom. The Kier molecular flexibility index (Phi) is 7.50. The molecule has 0 atom stereocenters. The second-order valence-corrected chi connectivity index (χ2v) is 5.71. The van der Waals surface area contributed by atoms with E-state index in [1.807, 2.05) is 19.1 Å². The summed E-state index contributed by atoms with van der Waals surface area (Å²) in [5, 5.41) is 3.41. The molecule has 0 radical (unpaired) electrons. The molecule has 0 aliphatic rings. The summed E-state index contributed by atoms with van der Waals surface area (Å²) in [6.07, 6.45) is 5.23. The third kappa shape index (κ3) is 5.44. The number of terminal acetylenes is 1. The second-order valence-electron chi connectivity index (χ2n) is 4.86. The van der Waals surface area contributed by atoms with Gasteiger partial charge in [0.25, 0.3) is 0 Å². The van der Waals surface area contributed by atoms with Crippen molar-refractivity contribution >= 4 is 15.9 Å². The molecule has 20 heavy (non-hydrogen) atoms. The van der Waals surface area contributed by atoms with E-state index in [1.54, 1.807) is 0 Å². The molecule has 0 amide bonds. The van der Waals surface area contributed by atoms with Crippen LogP contribution in [0.15, 0.2) is 16.6 Å². The SMILES string of the molecule is C#CCOc1c(Br)cc(CNCC(C)C)cc1OCC. The molecule has 0 saturated heterocycles. The molecular formula is C16H22BrNO2. The van der Waals surface area contributed by atoms with Crippen molar-refractivity contribution < 1.29 is 9.47 Å². The summed E-state index contributed by atoms with van der Waals surface area (Å²) in [4.78, 5) is 0. The monoisotopic (exact) mass is 339 g/mol. The van der Waals surface area contributed by atoms with Crippen molar-refractivity contribution in [1.29, 1.82) is 0 Å². The van der Waals surface area contributed by atoms with Crippen LogP contribution in [-0.4, -0.2) is 19.8 Å². The Morgan fingerprint density at radius 3 is 2.70 bits per heavy atom. The number of hydrogen-bond acceptors (Lipinski definition) is 3.